The summed E-state index contributed by atoms with van der Waals surface area (Å²) in [6.45, 7) is 2.46. The first-order valence-electron chi connectivity index (χ1n) is 8.09. The molecule has 1 aliphatic rings. The Labute approximate surface area is 163 Å². The van der Waals surface area contributed by atoms with Crippen LogP contribution >= 0.6 is 12.2 Å². The minimum Gasteiger partial charge on any atom is -0.363 e. The third-order valence-electron chi connectivity index (χ3n) is 4.05. The highest BCUT2D eigenvalue weighted by Crippen LogP contribution is 2.37. The Balaban J connectivity index is 2.34. The Hall–Kier alpha value is -1.60. The van der Waals surface area contributed by atoms with Crippen molar-refractivity contribution in [1.29, 1.82) is 0 Å². The number of nitrogens with one attached hydrogen (secondary N) is 1. The molecule has 158 valence electrons. The molecule has 1 heterocycles. The standard InChI is InChI=1S/C15H17F6N3O2S2/c1-2-22-13(27)23-3-5-24(6-4-23)28(25,26)12-8-10(14(16,17)18)7-11(9-12)15(19,20)21/h7-9H,2-6H2,1H3,(H,22,27). The summed E-state index contributed by atoms with van der Waals surface area (Å²) in [6.07, 6.45) is -10.2. The Morgan fingerprint density at radius 3 is 1.86 bits per heavy atom. The number of benzene rings is 1. The zero-order chi connectivity index (χ0) is 21.3. The second kappa shape index (κ2) is 8.03. The molecule has 0 unspecified atom stereocenters. The van der Waals surface area contributed by atoms with Gasteiger partial charge in [-0.15, -0.1) is 0 Å². The molecule has 0 aliphatic carbocycles. The van der Waals surface area contributed by atoms with E-state index in [2.05, 4.69) is 5.32 Å². The second-order valence-electron chi connectivity index (χ2n) is 5.97. The van der Waals surface area contributed by atoms with Crippen LogP contribution in [0.4, 0.5) is 26.3 Å². The number of alkyl halides is 6. The first-order valence-corrected chi connectivity index (χ1v) is 9.94. The van der Waals surface area contributed by atoms with E-state index < -0.39 is 38.4 Å². The van der Waals surface area contributed by atoms with Crippen molar-refractivity contribution < 1.29 is 34.8 Å². The summed E-state index contributed by atoms with van der Waals surface area (Å²) < 4.78 is 104. The normalized spacial score (nSPS) is 16.9. The average molecular weight is 449 g/mol. The Bertz CT molecular complexity index is 799. The summed E-state index contributed by atoms with van der Waals surface area (Å²) in [5.41, 5.74) is -3.35. The van der Waals surface area contributed by atoms with Crippen LogP contribution in [0.3, 0.4) is 0 Å². The fourth-order valence-electron chi connectivity index (χ4n) is 2.62. The maximum Gasteiger partial charge on any atom is 0.416 e. The van der Waals surface area contributed by atoms with E-state index in [4.69, 9.17) is 12.2 Å². The van der Waals surface area contributed by atoms with Gasteiger partial charge < -0.3 is 10.2 Å². The molecular weight excluding hydrogens is 432 g/mol. The van der Waals surface area contributed by atoms with Crippen molar-refractivity contribution in [2.75, 3.05) is 32.7 Å². The van der Waals surface area contributed by atoms with Gasteiger partial charge in [0.05, 0.1) is 16.0 Å². The third-order valence-corrected chi connectivity index (χ3v) is 6.33. The predicted molar refractivity (Wildman–Crippen MR) is 93.1 cm³/mol. The van der Waals surface area contributed by atoms with Crippen molar-refractivity contribution in [2.24, 2.45) is 0 Å². The van der Waals surface area contributed by atoms with Crippen molar-refractivity contribution in [3.8, 4) is 0 Å². The lowest BCUT2D eigenvalue weighted by atomic mass is 10.1. The van der Waals surface area contributed by atoms with E-state index in [-0.39, 0.29) is 44.4 Å². The molecule has 1 aliphatic heterocycles. The van der Waals surface area contributed by atoms with Crippen LogP contribution in [0.2, 0.25) is 0 Å². The Morgan fingerprint density at radius 2 is 1.46 bits per heavy atom. The van der Waals surface area contributed by atoms with Crippen LogP contribution in [0.15, 0.2) is 23.1 Å². The van der Waals surface area contributed by atoms with E-state index in [1.807, 2.05) is 6.92 Å². The zero-order valence-electron chi connectivity index (χ0n) is 14.6. The predicted octanol–water partition coefficient (Wildman–Crippen LogP) is 2.92. The summed E-state index contributed by atoms with van der Waals surface area (Å²) in [5, 5.41) is 3.29. The van der Waals surface area contributed by atoms with Gasteiger partial charge in [0.25, 0.3) is 0 Å². The highest BCUT2D eigenvalue weighted by Gasteiger charge is 2.39. The fourth-order valence-corrected chi connectivity index (χ4v) is 4.44. The number of halogens is 6. The van der Waals surface area contributed by atoms with Crippen molar-refractivity contribution in [2.45, 2.75) is 24.2 Å². The molecule has 0 aromatic heterocycles. The lowest BCUT2D eigenvalue weighted by Gasteiger charge is -2.35. The second-order valence-corrected chi connectivity index (χ2v) is 8.29. The summed E-state index contributed by atoms with van der Waals surface area (Å²) in [4.78, 5) is 0.635. The van der Waals surface area contributed by atoms with Crippen LogP contribution in [-0.4, -0.2) is 55.5 Å². The van der Waals surface area contributed by atoms with Gasteiger partial charge in [-0.3, -0.25) is 0 Å². The van der Waals surface area contributed by atoms with Crippen LogP contribution in [0.25, 0.3) is 0 Å². The van der Waals surface area contributed by atoms with Crippen LogP contribution < -0.4 is 5.32 Å². The molecule has 0 atom stereocenters. The minimum atomic E-state index is -5.12. The molecule has 1 fully saturated rings. The summed E-state index contributed by atoms with van der Waals surface area (Å²) >= 11 is 5.11. The maximum absolute atomic E-state index is 13.0. The van der Waals surface area contributed by atoms with Crippen molar-refractivity contribution in [1.82, 2.24) is 14.5 Å². The highest BCUT2D eigenvalue weighted by atomic mass is 32.2. The molecule has 2 rings (SSSR count). The molecule has 0 amide bonds. The monoisotopic (exact) mass is 449 g/mol. The van der Waals surface area contributed by atoms with Crippen LogP contribution in [0, 0.1) is 0 Å². The van der Waals surface area contributed by atoms with Crippen LogP contribution in [-0.2, 0) is 22.4 Å². The first-order chi connectivity index (χ1) is 12.8. The van der Waals surface area contributed by atoms with Gasteiger partial charge in [0.2, 0.25) is 10.0 Å². The number of sulfonamides is 1. The fraction of sp³-hybridized carbons (Fsp3) is 0.533. The van der Waals surface area contributed by atoms with E-state index >= 15 is 0 Å². The Morgan fingerprint density at radius 1 is 1.00 bits per heavy atom. The maximum atomic E-state index is 13.0. The summed E-state index contributed by atoms with van der Waals surface area (Å²) in [7, 11) is -4.55. The third kappa shape index (κ3) is 5.06. The lowest BCUT2D eigenvalue weighted by molar-refractivity contribution is -0.143. The number of hydrogen-bond acceptors (Lipinski definition) is 3. The van der Waals surface area contributed by atoms with E-state index in [0.29, 0.717) is 11.7 Å². The van der Waals surface area contributed by atoms with E-state index in [1.165, 1.54) is 0 Å². The van der Waals surface area contributed by atoms with Crippen LogP contribution in [0.5, 0.6) is 0 Å². The number of nitrogens with zero attached hydrogens (tertiary/aromatic N) is 2. The van der Waals surface area contributed by atoms with Crippen molar-refractivity contribution in [3.05, 3.63) is 29.3 Å². The quantitative estimate of drug-likeness (QED) is 0.568. The van der Waals surface area contributed by atoms with E-state index in [0.717, 1.165) is 4.31 Å². The molecule has 1 saturated heterocycles. The van der Waals surface area contributed by atoms with Crippen molar-refractivity contribution in [3.63, 3.8) is 0 Å². The number of hydrogen-bond donors (Lipinski definition) is 1. The van der Waals surface area contributed by atoms with Gasteiger partial charge in [0, 0.05) is 32.7 Å². The molecule has 0 saturated carbocycles. The van der Waals surface area contributed by atoms with Gasteiger partial charge in [-0.25, -0.2) is 8.42 Å². The molecule has 13 heteroatoms. The molecule has 1 aromatic carbocycles. The summed E-state index contributed by atoms with van der Waals surface area (Å²) in [5.74, 6) is 0. The SMILES string of the molecule is CCNC(=S)N1CCN(S(=O)(=O)c2cc(C(F)(F)F)cc(C(F)(F)F)c2)CC1. The summed E-state index contributed by atoms with van der Waals surface area (Å²) in [6, 6.07) is 0.340. The van der Waals surface area contributed by atoms with Gasteiger partial charge >= 0.3 is 12.4 Å². The number of thiocarbonyl (C=S) groups is 1. The van der Waals surface area contributed by atoms with Gasteiger partial charge in [0.15, 0.2) is 5.11 Å². The van der Waals surface area contributed by atoms with Gasteiger partial charge in [-0.2, -0.15) is 30.6 Å². The smallest absolute Gasteiger partial charge is 0.363 e. The van der Waals surface area contributed by atoms with E-state index in [1.54, 1.807) is 4.90 Å². The van der Waals surface area contributed by atoms with Gasteiger partial charge in [0.1, 0.15) is 0 Å². The lowest BCUT2D eigenvalue weighted by Crippen LogP contribution is -2.53. The van der Waals surface area contributed by atoms with Gasteiger partial charge in [-0.05, 0) is 37.3 Å². The molecular formula is C15H17F6N3O2S2. The molecule has 5 nitrogen and oxygen atoms in total. The average Bonchev–Trinajstić information content (AvgIpc) is 2.60. The van der Waals surface area contributed by atoms with E-state index in [9.17, 15) is 34.8 Å². The minimum absolute atomic E-state index is 0.105. The topological polar surface area (TPSA) is 52.6 Å². The largest absolute Gasteiger partial charge is 0.416 e. The highest BCUT2D eigenvalue weighted by molar-refractivity contribution is 7.89. The zero-order valence-corrected chi connectivity index (χ0v) is 16.2. The molecule has 28 heavy (non-hydrogen) atoms. The molecule has 1 aromatic rings. The first kappa shape index (κ1) is 22.7. The molecule has 1 N–H and O–H groups in total. The van der Waals surface area contributed by atoms with Gasteiger partial charge in [-0.1, -0.05) is 0 Å². The number of rotatable bonds is 3. The molecule has 0 bridgehead atoms. The van der Waals surface area contributed by atoms with Crippen molar-refractivity contribution >= 4 is 27.4 Å². The Kier molecular flexibility index (Phi) is 6.50. The molecule has 0 spiro atoms. The molecule has 0 radical (unpaired) electrons. The number of piperazine rings is 1. The van der Waals surface area contributed by atoms with Crippen LogP contribution in [0.1, 0.15) is 18.1 Å².